The third kappa shape index (κ3) is 3.19. The van der Waals surface area contributed by atoms with Crippen LogP contribution in [0.3, 0.4) is 0 Å². The molecule has 2 N–H and O–H groups in total. The van der Waals surface area contributed by atoms with Crippen LogP contribution in [-0.4, -0.2) is 38.2 Å². The van der Waals surface area contributed by atoms with Crippen molar-refractivity contribution < 1.29 is 23.8 Å². The van der Waals surface area contributed by atoms with Crippen molar-refractivity contribution in [3.05, 3.63) is 40.7 Å². The van der Waals surface area contributed by atoms with Crippen molar-refractivity contribution in [3.63, 3.8) is 0 Å². The Morgan fingerprint density at radius 2 is 1.79 bits per heavy atom. The molecular weight excluding hydrogens is 312 g/mol. The number of hydrogen-bond acceptors (Lipinski definition) is 5. The Labute approximate surface area is 139 Å². The zero-order valence-electron chi connectivity index (χ0n) is 14.3. The predicted octanol–water partition coefficient (Wildman–Crippen LogP) is 2.69. The summed E-state index contributed by atoms with van der Waals surface area (Å²) in [5.41, 5.74) is 2.21. The highest BCUT2D eigenvalue weighted by molar-refractivity contribution is 6.07. The Hall–Kier alpha value is -2.96. The normalized spacial score (nSPS) is 10.2. The minimum Gasteiger partial charge on any atom is -0.497 e. The second kappa shape index (κ2) is 7.08. The molecule has 0 spiro atoms. The fraction of sp³-hybridized carbons (Fsp3) is 0.294. The van der Waals surface area contributed by atoms with Crippen LogP contribution in [0, 0.1) is 13.8 Å². The topological polar surface area (TPSA) is 89.7 Å². The highest BCUT2D eigenvalue weighted by Gasteiger charge is 2.23. The van der Waals surface area contributed by atoms with Gasteiger partial charge in [-0.15, -0.1) is 0 Å². The maximum Gasteiger partial charge on any atom is 0.339 e. The van der Waals surface area contributed by atoms with Crippen LogP contribution in [0.5, 0.6) is 11.5 Å². The maximum absolute atomic E-state index is 12.6. The quantitative estimate of drug-likeness (QED) is 0.822. The number of methoxy groups -OCH3 is 3. The molecule has 0 aliphatic heterocycles. The van der Waals surface area contributed by atoms with Gasteiger partial charge in [-0.3, -0.25) is 4.79 Å². The summed E-state index contributed by atoms with van der Waals surface area (Å²) in [6.45, 7) is 3.40. The molecule has 2 aromatic rings. The van der Waals surface area contributed by atoms with Crippen molar-refractivity contribution in [2.24, 2.45) is 0 Å². The number of carbonyl (C=O) groups is 2. The molecule has 0 atom stereocenters. The molecule has 128 valence electrons. The maximum atomic E-state index is 12.6. The molecule has 0 radical (unpaired) electrons. The summed E-state index contributed by atoms with van der Waals surface area (Å²) >= 11 is 0. The fourth-order valence-electron chi connectivity index (χ4n) is 2.48. The number of rotatable bonds is 5. The van der Waals surface area contributed by atoms with Gasteiger partial charge in [0.15, 0.2) is 0 Å². The second-order valence-corrected chi connectivity index (χ2v) is 5.14. The summed E-state index contributed by atoms with van der Waals surface area (Å²) in [6.07, 6.45) is 0. The van der Waals surface area contributed by atoms with E-state index in [1.807, 2.05) is 0 Å². The fourth-order valence-corrected chi connectivity index (χ4v) is 2.48. The Morgan fingerprint density at radius 3 is 2.38 bits per heavy atom. The van der Waals surface area contributed by atoms with E-state index in [1.165, 1.54) is 21.3 Å². The number of H-pyrrole nitrogens is 1. The lowest BCUT2D eigenvalue weighted by molar-refractivity contribution is 0.0599. The van der Waals surface area contributed by atoms with E-state index in [9.17, 15) is 9.59 Å². The number of benzene rings is 1. The van der Waals surface area contributed by atoms with Gasteiger partial charge in [0.1, 0.15) is 17.2 Å². The number of aromatic amines is 1. The van der Waals surface area contributed by atoms with Gasteiger partial charge < -0.3 is 24.5 Å². The monoisotopic (exact) mass is 332 g/mol. The van der Waals surface area contributed by atoms with Crippen LogP contribution in [0.15, 0.2) is 18.2 Å². The molecule has 1 heterocycles. The van der Waals surface area contributed by atoms with Gasteiger partial charge in [0.05, 0.1) is 32.6 Å². The number of carbonyl (C=O) groups excluding carboxylic acids is 2. The molecule has 7 nitrogen and oxygen atoms in total. The van der Waals surface area contributed by atoms with E-state index in [4.69, 9.17) is 14.2 Å². The number of aromatic nitrogens is 1. The predicted molar refractivity (Wildman–Crippen MR) is 89.1 cm³/mol. The molecule has 0 unspecified atom stereocenters. The molecule has 0 saturated carbocycles. The van der Waals surface area contributed by atoms with Crippen LogP contribution in [-0.2, 0) is 4.74 Å². The lowest BCUT2D eigenvalue weighted by Crippen LogP contribution is -2.15. The smallest absolute Gasteiger partial charge is 0.339 e. The van der Waals surface area contributed by atoms with Gasteiger partial charge in [-0.05, 0) is 31.5 Å². The minimum atomic E-state index is -0.487. The Bertz CT molecular complexity index is 780. The number of aryl methyl sites for hydroxylation is 1. The first-order chi connectivity index (χ1) is 11.4. The van der Waals surface area contributed by atoms with Gasteiger partial charge in [0.2, 0.25) is 0 Å². The third-order valence-corrected chi connectivity index (χ3v) is 3.71. The van der Waals surface area contributed by atoms with Crippen molar-refractivity contribution in [2.75, 3.05) is 26.6 Å². The van der Waals surface area contributed by atoms with E-state index >= 15 is 0 Å². The van der Waals surface area contributed by atoms with Crippen LogP contribution in [0.4, 0.5) is 5.69 Å². The Kier molecular flexibility index (Phi) is 5.13. The van der Waals surface area contributed by atoms with Gasteiger partial charge in [-0.1, -0.05) is 0 Å². The first-order valence-electron chi connectivity index (χ1n) is 7.23. The van der Waals surface area contributed by atoms with Gasteiger partial charge in [0.25, 0.3) is 5.91 Å². The van der Waals surface area contributed by atoms with Crippen molar-refractivity contribution in [2.45, 2.75) is 13.8 Å². The van der Waals surface area contributed by atoms with Gasteiger partial charge in [-0.2, -0.15) is 0 Å². The Balaban J connectivity index is 2.36. The molecular formula is C17H20N2O5. The zero-order chi connectivity index (χ0) is 17.9. The summed E-state index contributed by atoms with van der Waals surface area (Å²) in [5, 5.41) is 2.76. The van der Waals surface area contributed by atoms with Crippen LogP contribution in [0.2, 0.25) is 0 Å². The molecule has 0 fully saturated rings. The SMILES string of the molecule is COC(=O)c1c(C)[nH]c(C(=O)Nc2cc(OC)ccc2OC)c1C. The van der Waals surface area contributed by atoms with E-state index in [-0.39, 0.29) is 5.69 Å². The molecule has 2 rings (SSSR count). The summed E-state index contributed by atoms with van der Waals surface area (Å²) in [7, 11) is 4.35. The minimum absolute atomic E-state index is 0.290. The second-order valence-electron chi connectivity index (χ2n) is 5.14. The zero-order valence-corrected chi connectivity index (χ0v) is 14.3. The van der Waals surface area contributed by atoms with Crippen molar-refractivity contribution in [1.82, 2.24) is 4.98 Å². The summed E-state index contributed by atoms with van der Waals surface area (Å²) < 4.78 is 15.1. The average molecular weight is 332 g/mol. The molecule has 1 amide bonds. The summed E-state index contributed by atoms with van der Waals surface area (Å²) in [5.74, 6) is 0.204. The first-order valence-corrected chi connectivity index (χ1v) is 7.23. The van der Waals surface area contributed by atoms with E-state index in [0.717, 1.165) is 0 Å². The molecule has 0 aliphatic rings. The largest absolute Gasteiger partial charge is 0.497 e. The Morgan fingerprint density at radius 1 is 1.08 bits per heavy atom. The van der Waals surface area contributed by atoms with Crippen LogP contribution >= 0.6 is 0 Å². The summed E-state index contributed by atoms with van der Waals surface area (Å²) in [6, 6.07) is 5.08. The first kappa shape index (κ1) is 17.4. The highest BCUT2D eigenvalue weighted by Crippen LogP contribution is 2.30. The molecule has 24 heavy (non-hydrogen) atoms. The molecule has 0 saturated heterocycles. The van der Waals surface area contributed by atoms with Crippen LogP contribution in [0.25, 0.3) is 0 Å². The molecule has 0 aliphatic carbocycles. The standard InChI is InChI=1S/C17H20N2O5/c1-9-14(17(21)24-5)10(2)18-15(9)16(20)19-12-8-11(22-3)6-7-13(12)23-4/h6-8,18H,1-5H3,(H,19,20). The molecule has 7 heteroatoms. The highest BCUT2D eigenvalue weighted by atomic mass is 16.5. The molecule has 1 aromatic heterocycles. The lowest BCUT2D eigenvalue weighted by Gasteiger charge is -2.11. The lowest BCUT2D eigenvalue weighted by atomic mass is 10.1. The number of esters is 1. The van der Waals surface area contributed by atoms with Gasteiger partial charge in [0, 0.05) is 11.8 Å². The van der Waals surface area contributed by atoms with Crippen LogP contribution in [0.1, 0.15) is 32.1 Å². The van der Waals surface area contributed by atoms with Crippen molar-refractivity contribution >= 4 is 17.6 Å². The molecule has 1 aromatic carbocycles. The van der Waals surface area contributed by atoms with Crippen molar-refractivity contribution in [3.8, 4) is 11.5 Å². The van der Waals surface area contributed by atoms with E-state index < -0.39 is 11.9 Å². The van der Waals surface area contributed by atoms with Crippen LogP contribution < -0.4 is 14.8 Å². The number of nitrogens with one attached hydrogen (secondary N) is 2. The number of ether oxygens (including phenoxy) is 3. The van der Waals surface area contributed by atoms with E-state index in [2.05, 4.69) is 10.3 Å². The van der Waals surface area contributed by atoms with E-state index in [0.29, 0.717) is 34.0 Å². The number of anilines is 1. The molecule has 0 bridgehead atoms. The van der Waals surface area contributed by atoms with E-state index in [1.54, 1.807) is 32.0 Å². The summed E-state index contributed by atoms with van der Waals surface area (Å²) in [4.78, 5) is 27.3. The van der Waals surface area contributed by atoms with Gasteiger partial charge in [-0.25, -0.2) is 4.79 Å². The third-order valence-electron chi connectivity index (χ3n) is 3.71. The van der Waals surface area contributed by atoms with Crippen molar-refractivity contribution in [1.29, 1.82) is 0 Å². The number of hydrogen-bond donors (Lipinski definition) is 2. The average Bonchev–Trinajstić information content (AvgIpc) is 2.88. The number of amides is 1. The van der Waals surface area contributed by atoms with Gasteiger partial charge >= 0.3 is 5.97 Å².